The van der Waals surface area contributed by atoms with Gasteiger partial charge in [0.2, 0.25) is 5.91 Å². The summed E-state index contributed by atoms with van der Waals surface area (Å²) in [6.45, 7) is 7.10. The van der Waals surface area contributed by atoms with Crippen LogP contribution in [0.5, 0.6) is 0 Å². The Kier molecular flexibility index (Phi) is 4.21. The predicted octanol–water partition coefficient (Wildman–Crippen LogP) is 0.702. The minimum atomic E-state index is -0.122. The largest absolute Gasteiger partial charge is 0.354 e. The molecule has 0 aromatic carbocycles. The summed E-state index contributed by atoms with van der Waals surface area (Å²) in [7, 11) is 0. The van der Waals surface area contributed by atoms with Gasteiger partial charge in [0.25, 0.3) is 5.82 Å². The van der Waals surface area contributed by atoms with Crippen LogP contribution in [0.3, 0.4) is 0 Å². The van der Waals surface area contributed by atoms with Gasteiger partial charge in [-0.25, -0.2) is 9.67 Å². The van der Waals surface area contributed by atoms with Gasteiger partial charge in [-0.3, -0.25) is 4.79 Å². The molecule has 0 aliphatic heterocycles. The number of carbonyl (C=O) groups excluding carboxylic acids is 1. The highest BCUT2D eigenvalue weighted by Gasteiger charge is 2.11. The van der Waals surface area contributed by atoms with Gasteiger partial charge in [0.1, 0.15) is 18.9 Å². The fraction of sp³-hybridized carbons (Fsp3) is 0.636. The molecule has 1 aromatic heterocycles. The molecule has 0 atom stereocenters. The highest BCUT2D eigenvalue weighted by molar-refractivity contribution is 5.75. The van der Waals surface area contributed by atoms with Crippen LogP contribution in [0, 0.1) is 16.7 Å². The number of carbonyl (C=O) groups is 1. The van der Waals surface area contributed by atoms with Crippen molar-refractivity contribution in [3.8, 4) is 6.07 Å². The van der Waals surface area contributed by atoms with Crippen LogP contribution in [0.1, 0.15) is 33.0 Å². The molecule has 0 aliphatic rings. The summed E-state index contributed by atoms with van der Waals surface area (Å²) >= 11 is 0. The van der Waals surface area contributed by atoms with Gasteiger partial charge >= 0.3 is 0 Å². The van der Waals surface area contributed by atoms with Crippen molar-refractivity contribution in [2.45, 2.75) is 33.7 Å². The fourth-order valence-electron chi connectivity index (χ4n) is 1.20. The van der Waals surface area contributed by atoms with Gasteiger partial charge in [0, 0.05) is 6.54 Å². The van der Waals surface area contributed by atoms with E-state index in [1.807, 2.05) is 6.07 Å². The molecule has 0 spiro atoms. The van der Waals surface area contributed by atoms with Gasteiger partial charge in [0.15, 0.2) is 0 Å². The van der Waals surface area contributed by atoms with Gasteiger partial charge in [0.05, 0.1) is 0 Å². The van der Waals surface area contributed by atoms with E-state index < -0.39 is 0 Å². The first-order chi connectivity index (χ1) is 7.90. The molecule has 1 aromatic rings. The van der Waals surface area contributed by atoms with Crippen LogP contribution >= 0.6 is 0 Å². The number of hydrogen-bond acceptors (Lipinski definition) is 4. The lowest BCUT2D eigenvalue weighted by Crippen LogP contribution is -2.30. The SMILES string of the molecule is CC(C)(C)CCNC(=O)Cn1cnc(C#N)n1. The molecule has 0 aliphatic carbocycles. The van der Waals surface area contributed by atoms with Crippen molar-refractivity contribution in [1.82, 2.24) is 20.1 Å². The topological polar surface area (TPSA) is 83.6 Å². The summed E-state index contributed by atoms with van der Waals surface area (Å²) in [6, 6.07) is 1.81. The first-order valence-corrected chi connectivity index (χ1v) is 5.47. The van der Waals surface area contributed by atoms with Gasteiger partial charge in [-0.1, -0.05) is 20.8 Å². The van der Waals surface area contributed by atoms with Crippen LogP contribution in [0.4, 0.5) is 0 Å². The number of nitriles is 1. The molecule has 0 radical (unpaired) electrons. The van der Waals surface area contributed by atoms with Crippen molar-refractivity contribution in [1.29, 1.82) is 5.26 Å². The second-order valence-electron chi connectivity index (χ2n) is 5.04. The average Bonchev–Trinajstić information content (AvgIpc) is 2.63. The number of aromatic nitrogens is 3. The Morgan fingerprint density at radius 3 is 2.82 bits per heavy atom. The number of rotatable bonds is 4. The molecule has 6 nitrogen and oxygen atoms in total. The first-order valence-electron chi connectivity index (χ1n) is 5.47. The molecule has 6 heteroatoms. The third-order valence-electron chi connectivity index (χ3n) is 2.14. The Bertz CT molecular complexity index is 424. The van der Waals surface area contributed by atoms with Gasteiger partial charge in [-0.2, -0.15) is 5.26 Å². The lowest BCUT2D eigenvalue weighted by Gasteiger charge is -2.17. The van der Waals surface area contributed by atoms with E-state index in [0.29, 0.717) is 6.54 Å². The molecule has 0 saturated heterocycles. The van der Waals surface area contributed by atoms with E-state index in [1.165, 1.54) is 11.0 Å². The monoisotopic (exact) mass is 235 g/mol. The van der Waals surface area contributed by atoms with Crippen molar-refractivity contribution in [3.63, 3.8) is 0 Å². The zero-order valence-corrected chi connectivity index (χ0v) is 10.4. The third kappa shape index (κ3) is 5.11. The van der Waals surface area contributed by atoms with E-state index in [9.17, 15) is 4.79 Å². The Balaban J connectivity index is 2.33. The molecule has 1 heterocycles. The van der Waals surface area contributed by atoms with Gasteiger partial charge in [-0.05, 0) is 11.8 Å². The number of amides is 1. The smallest absolute Gasteiger partial charge is 0.252 e. The van der Waals surface area contributed by atoms with Crippen LogP contribution in [-0.4, -0.2) is 27.2 Å². The molecule has 92 valence electrons. The summed E-state index contributed by atoms with van der Waals surface area (Å²) in [6.07, 6.45) is 2.29. The molecular formula is C11H17N5O. The summed E-state index contributed by atoms with van der Waals surface area (Å²) < 4.78 is 1.35. The lowest BCUT2D eigenvalue weighted by molar-refractivity contribution is -0.121. The maximum atomic E-state index is 11.5. The highest BCUT2D eigenvalue weighted by atomic mass is 16.2. The molecule has 0 saturated carbocycles. The summed E-state index contributed by atoms with van der Waals surface area (Å²) in [5, 5.41) is 15.1. The van der Waals surface area contributed by atoms with Crippen LogP contribution in [-0.2, 0) is 11.3 Å². The standard InChI is InChI=1S/C11H17N5O/c1-11(2,3)4-5-13-10(17)7-16-8-14-9(6-12)15-16/h8H,4-5,7H2,1-3H3,(H,13,17). The van der Waals surface area contributed by atoms with Crippen molar-refractivity contribution >= 4 is 5.91 Å². The summed E-state index contributed by atoms with van der Waals surface area (Å²) in [5.41, 5.74) is 0.203. The quantitative estimate of drug-likeness (QED) is 0.832. The molecule has 1 amide bonds. The van der Waals surface area contributed by atoms with Gasteiger partial charge < -0.3 is 5.32 Å². The van der Waals surface area contributed by atoms with Crippen LogP contribution in [0.15, 0.2) is 6.33 Å². The van der Waals surface area contributed by atoms with E-state index in [1.54, 1.807) is 0 Å². The summed E-state index contributed by atoms with van der Waals surface area (Å²) in [5.74, 6) is -0.0452. The Labute approximate surface area is 101 Å². The van der Waals surface area contributed by atoms with E-state index >= 15 is 0 Å². The van der Waals surface area contributed by atoms with Crippen LogP contribution in [0.25, 0.3) is 0 Å². The van der Waals surface area contributed by atoms with Gasteiger partial charge in [-0.15, -0.1) is 5.10 Å². The predicted molar refractivity (Wildman–Crippen MR) is 61.8 cm³/mol. The molecular weight excluding hydrogens is 218 g/mol. The second kappa shape index (κ2) is 5.43. The average molecular weight is 235 g/mol. The Morgan fingerprint density at radius 2 is 2.29 bits per heavy atom. The molecule has 1 rings (SSSR count). The molecule has 0 fully saturated rings. The van der Waals surface area contributed by atoms with Crippen molar-refractivity contribution in [3.05, 3.63) is 12.2 Å². The van der Waals surface area contributed by atoms with Crippen LogP contribution < -0.4 is 5.32 Å². The minimum Gasteiger partial charge on any atom is -0.354 e. The molecule has 0 unspecified atom stereocenters. The molecule has 1 N–H and O–H groups in total. The minimum absolute atomic E-state index is 0.0764. The first kappa shape index (κ1) is 13.2. The highest BCUT2D eigenvalue weighted by Crippen LogP contribution is 2.16. The van der Waals surface area contributed by atoms with Crippen LogP contribution in [0.2, 0.25) is 0 Å². The lowest BCUT2D eigenvalue weighted by atomic mass is 9.92. The van der Waals surface area contributed by atoms with E-state index in [-0.39, 0.29) is 23.7 Å². The number of nitrogens with zero attached hydrogens (tertiary/aromatic N) is 4. The number of nitrogens with one attached hydrogen (secondary N) is 1. The van der Waals surface area contributed by atoms with Crippen molar-refractivity contribution in [2.75, 3.05) is 6.54 Å². The third-order valence-corrected chi connectivity index (χ3v) is 2.14. The van der Waals surface area contributed by atoms with Crippen molar-refractivity contribution < 1.29 is 4.79 Å². The number of hydrogen-bond donors (Lipinski definition) is 1. The molecule has 0 bridgehead atoms. The zero-order valence-electron chi connectivity index (χ0n) is 10.4. The molecule has 17 heavy (non-hydrogen) atoms. The van der Waals surface area contributed by atoms with E-state index in [0.717, 1.165) is 6.42 Å². The Morgan fingerprint density at radius 1 is 1.59 bits per heavy atom. The van der Waals surface area contributed by atoms with Crippen molar-refractivity contribution in [2.24, 2.45) is 5.41 Å². The normalized spacial score (nSPS) is 10.9. The zero-order chi connectivity index (χ0) is 12.9. The maximum absolute atomic E-state index is 11.5. The maximum Gasteiger partial charge on any atom is 0.252 e. The van der Waals surface area contributed by atoms with E-state index in [4.69, 9.17) is 5.26 Å². The Hall–Kier alpha value is -1.90. The summed E-state index contributed by atoms with van der Waals surface area (Å²) in [4.78, 5) is 15.2. The fourth-order valence-corrected chi connectivity index (χ4v) is 1.20. The van der Waals surface area contributed by atoms with E-state index in [2.05, 4.69) is 36.2 Å². The second-order valence-corrected chi connectivity index (χ2v) is 5.04.